The Hall–Kier alpha value is -3.02. The number of aromatic nitrogens is 4. The summed E-state index contributed by atoms with van der Waals surface area (Å²) in [6.07, 6.45) is -3.00. The molecule has 0 N–H and O–H groups in total. The van der Waals surface area contributed by atoms with Crippen LogP contribution in [0.3, 0.4) is 0 Å². The van der Waals surface area contributed by atoms with Crippen LogP contribution in [0.1, 0.15) is 22.8 Å². The molecule has 0 radical (unpaired) electrons. The van der Waals surface area contributed by atoms with Crippen molar-refractivity contribution in [3.8, 4) is 17.3 Å². The highest BCUT2D eigenvalue weighted by Crippen LogP contribution is 2.29. The van der Waals surface area contributed by atoms with Gasteiger partial charge in [-0.25, -0.2) is 9.97 Å². The summed E-state index contributed by atoms with van der Waals surface area (Å²) >= 11 is 1.35. The third-order valence-corrected chi connectivity index (χ3v) is 4.62. The van der Waals surface area contributed by atoms with E-state index in [0.29, 0.717) is 25.2 Å². The van der Waals surface area contributed by atoms with Crippen LogP contribution in [-0.2, 0) is 6.18 Å². The van der Waals surface area contributed by atoms with Gasteiger partial charge in [-0.2, -0.15) is 18.2 Å². The number of halogens is 3. The number of amides is 1. The quantitative estimate of drug-likeness (QED) is 0.652. The van der Waals surface area contributed by atoms with Crippen LogP contribution < -0.4 is 4.74 Å². The molecule has 0 spiro atoms. The van der Waals surface area contributed by atoms with Gasteiger partial charge in [0.1, 0.15) is 11.8 Å². The predicted octanol–water partition coefficient (Wildman–Crippen LogP) is 2.90. The third-order valence-electron chi connectivity index (χ3n) is 4.03. The van der Waals surface area contributed by atoms with Crippen LogP contribution in [0.4, 0.5) is 13.2 Å². The Balaban J connectivity index is 1.37. The van der Waals surface area contributed by atoms with Gasteiger partial charge in [-0.1, -0.05) is 5.16 Å². The van der Waals surface area contributed by atoms with Gasteiger partial charge in [0.2, 0.25) is 11.7 Å². The topological polar surface area (TPSA) is 94.2 Å². The van der Waals surface area contributed by atoms with E-state index in [0.717, 1.165) is 0 Å². The first-order chi connectivity index (χ1) is 13.4. The summed E-state index contributed by atoms with van der Waals surface area (Å²) in [7, 11) is 0. The molecule has 1 atom stereocenters. The molecule has 0 unspecified atom stereocenters. The number of pyridine rings is 1. The number of hydrogen-bond donors (Lipinski definition) is 0. The lowest BCUT2D eigenvalue weighted by molar-refractivity contribution is -0.159. The van der Waals surface area contributed by atoms with Crippen LogP contribution in [0.5, 0.6) is 5.88 Å². The molecule has 3 aromatic heterocycles. The molecule has 28 heavy (non-hydrogen) atoms. The summed E-state index contributed by atoms with van der Waals surface area (Å²) in [5, 5.41) is 5.00. The van der Waals surface area contributed by atoms with Gasteiger partial charge < -0.3 is 14.2 Å². The minimum atomic E-state index is -4.70. The van der Waals surface area contributed by atoms with E-state index in [4.69, 9.17) is 4.74 Å². The lowest BCUT2D eigenvalue weighted by Crippen LogP contribution is -2.31. The molecule has 1 aliphatic rings. The fourth-order valence-corrected chi connectivity index (χ4v) is 3.22. The molecular formula is C16H12F3N5O3S. The first kappa shape index (κ1) is 18.3. The van der Waals surface area contributed by atoms with Crippen molar-refractivity contribution in [2.45, 2.75) is 18.7 Å². The lowest BCUT2D eigenvalue weighted by Gasteiger charge is -2.15. The number of ether oxygens (including phenoxy) is 1. The summed E-state index contributed by atoms with van der Waals surface area (Å²) in [6.45, 7) is 0.946. The highest BCUT2D eigenvalue weighted by Gasteiger charge is 2.38. The van der Waals surface area contributed by atoms with Crippen LogP contribution in [-0.4, -0.2) is 50.1 Å². The zero-order valence-corrected chi connectivity index (χ0v) is 14.9. The van der Waals surface area contributed by atoms with E-state index in [9.17, 15) is 18.0 Å². The first-order valence-electron chi connectivity index (χ1n) is 8.11. The number of thiazole rings is 1. The summed E-state index contributed by atoms with van der Waals surface area (Å²) in [5.41, 5.74) is 2.27. The zero-order valence-electron chi connectivity index (χ0n) is 14.1. The van der Waals surface area contributed by atoms with Crippen molar-refractivity contribution >= 4 is 17.2 Å². The molecule has 146 valence electrons. The number of hydrogen-bond acceptors (Lipinski definition) is 8. The van der Waals surface area contributed by atoms with Gasteiger partial charge >= 0.3 is 12.1 Å². The maximum absolute atomic E-state index is 12.5. The number of alkyl halides is 3. The molecule has 4 rings (SSSR count). The lowest BCUT2D eigenvalue weighted by atomic mass is 10.2. The molecule has 8 nitrogen and oxygen atoms in total. The average molecular weight is 411 g/mol. The summed E-state index contributed by atoms with van der Waals surface area (Å²) in [6, 6.07) is 2.99. The predicted molar refractivity (Wildman–Crippen MR) is 89.6 cm³/mol. The van der Waals surface area contributed by atoms with Crippen molar-refractivity contribution in [3.63, 3.8) is 0 Å². The molecule has 3 aromatic rings. The smallest absolute Gasteiger partial charge is 0.471 e. The minimum Gasteiger partial charge on any atom is -0.472 e. The zero-order chi connectivity index (χ0) is 19.7. The highest BCUT2D eigenvalue weighted by molar-refractivity contribution is 7.07. The van der Waals surface area contributed by atoms with Gasteiger partial charge in [0.05, 0.1) is 12.1 Å². The Morgan fingerprint density at radius 1 is 1.32 bits per heavy atom. The molecule has 0 aliphatic carbocycles. The van der Waals surface area contributed by atoms with E-state index < -0.39 is 12.1 Å². The van der Waals surface area contributed by atoms with Gasteiger partial charge in [0.15, 0.2) is 0 Å². The van der Waals surface area contributed by atoms with Crippen LogP contribution in [0.2, 0.25) is 0 Å². The fraction of sp³-hybridized carbons (Fsp3) is 0.312. The Morgan fingerprint density at radius 2 is 2.18 bits per heavy atom. The molecule has 0 aromatic carbocycles. The summed E-state index contributed by atoms with van der Waals surface area (Å²) in [4.78, 5) is 25.3. The average Bonchev–Trinajstić information content (AvgIpc) is 3.42. The van der Waals surface area contributed by atoms with Crippen molar-refractivity contribution in [1.82, 2.24) is 25.0 Å². The first-order valence-corrected chi connectivity index (χ1v) is 9.06. The molecule has 1 fully saturated rings. The second-order valence-corrected chi connectivity index (χ2v) is 6.68. The van der Waals surface area contributed by atoms with Gasteiger partial charge in [-0.05, 0) is 6.07 Å². The van der Waals surface area contributed by atoms with Crippen molar-refractivity contribution in [2.75, 3.05) is 13.1 Å². The highest BCUT2D eigenvalue weighted by atomic mass is 32.1. The van der Waals surface area contributed by atoms with Crippen LogP contribution >= 0.6 is 11.3 Å². The van der Waals surface area contributed by atoms with Crippen LogP contribution in [0.15, 0.2) is 33.7 Å². The molecule has 0 saturated carbocycles. The molecule has 1 amide bonds. The standard InChI is InChI=1S/C16H12F3N5O3S/c17-16(18,19)15-22-13(23-27-15)9-1-2-12(20-5-9)26-10-3-4-24(6-10)14(25)11-7-28-8-21-11/h1-2,5,7-8,10H,3-4,6H2/t10-/m0/s1. The fourth-order valence-electron chi connectivity index (χ4n) is 2.70. The van der Waals surface area contributed by atoms with Gasteiger partial charge in [0, 0.05) is 36.2 Å². The van der Waals surface area contributed by atoms with Crippen LogP contribution in [0.25, 0.3) is 11.4 Å². The summed E-state index contributed by atoms with van der Waals surface area (Å²) < 4.78 is 47.5. The molecular weight excluding hydrogens is 399 g/mol. The van der Waals surface area contributed by atoms with Gasteiger partial charge in [-0.3, -0.25) is 4.79 Å². The van der Waals surface area contributed by atoms with E-state index >= 15 is 0 Å². The SMILES string of the molecule is O=C(c1cscn1)N1CC[C@H](Oc2ccc(-c3noc(C(F)(F)F)n3)cn2)C1. The largest absolute Gasteiger partial charge is 0.472 e. The molecule has 0 bridgehead atoms. The van der Waals surface area contributed by atoms with E-state index in [1.165, 1.54) is 29.7 Å². The number of likely N-dealkylation sites (tertiary alicyclic amines) is 1. The van der Waals surface area contributed by atoms with Crippen molar-refractivity contribution in [1.29, 1.82) is 0 Å². The molecule has 4 heterocycles. The Bertz CT molecular complexity index is 959. The van der Waals surface area contributed by atoms with Crippen LogP contribution in [0, 0.1) is 0 Å². The van der Waals surface area contributed by atoms with Crippen molar-refractivity contribution in [2.24, 2.45) is 0 Å². The van der Waals surface area contributed by atoms with E-state index in [2.05, 4.69) is 24.6 Å². The third kappa shape index (κ3) is 3.81. The molecule has 1 aliphatic heterocycles. The van der Waals surface area contributed by atoms with Gasteiger partial charge in [0.25, 0.3) is 5.91 Å². The maximum atomic E-state index is 12.5. The van der Waals surface area contributed by atoms with Gasteiger partial charge in [-0.15, -0.1) is 11.3 Å². The maximum Gasteiger partial charge on any atom is 0.471 e. The summed E-state index contributed by atoms with van der Waals surface area (Å²) in [5.74, 6) is -1.49. The second kappa shape index (κ2) is 7.19. The second-order valence-electron chi connectivity index (χ2n) is 5.96. The Morgan fingerprint density at radius 3 is 2.82 bits per heavy atom. The van der Waals surface area contributed by atoms with Crippen molar-refractivity contribution in [3.05, 3.63) is 40.8 Å². The minimum absolute atomic E-state index is 0.145. The van der Waals surface area contributed by atoms with E-state index in [1.54, 1.807) is 15.8 Å². The Labute approximate surface area is 160 Å². The number of nitrogens with zero attached hydrogens (tertiary/aromatic N) is 5. The number of carbonyl (C=O) groups is 1. The molecule has 12 heteroatoms. The van der Waals surface area contributed by atoms with Crippen molar-refractivity contribution < 1.29 is 27.2 Å². The Kier molecular flexibility index (Phi) is 4.71. The molecule has 1 saturated heterocycles. The normalized spacial score (nSPS) is 17.1. The number of rotatable bonds is 4. The number of carbonyl (C=O) groups excluding carboxylic acids is 1. The monoisotopic (exact) mass is 411 g/mol. The van der Waals surface area contributed by atoms with E-state index in [-0.39, 0.29) is 29.3 Å². The van der Waals surface area contributed by atoms with E-state index in [1.807, 2.05) is 0 Å².